The number of ether oxygens (including phenoxy) is 2. The fraction of sp³-hybridized carbons (Fsp3) is 0.333. The number of hydrogen-bond acceptors (Lipinski definition) is 5. The molecule has 1 aromatic carbocycles. The fourth-order valence-electron chi connectivity index (χ4n) is 1.91. The first-order valence-electron chi connectivity index (χ1n) is 6.65. The lowest BCUT2D eigenvalue weighted by Crippen LogP contribution is -2.28. The quantitative estimate of drug-likeness (QED) is 0.477. The fourth-order valence-corrected chi connectivity index (χ4v) is 2.14. The molecule has 1 aliphatic heterocycles. The Hall–Kier alpha value is -2.12. The normalized spacial score (nSPS) is 17.8. The van der Waals surface area contributed by atoms with E-state index in [0.717, 1.165) is 17.2 Å². The van der Waals surface area contributed by atoms with Gasteiger partial charge in [0.05, 0.1) is 19.7 Å². The van der Waals surface area contributed by atoms with Gasteiger partial charge in [0.25, 0.3) is 5.91 Å². The zero-order valence-corrected chi connectivity index (χ0v) is 13.5. The van der Waals surface area contributed by atoms with Crippen molar-refractivity contribution >= 4 is 23.5 Å². The number of hydroxylamine groups is 2. The first-order chi connectivity index (χ1) is 10.7. The van der Waals surface area contributed by atoms with Crippen molar-refractivity contribution in [2.24, 2.45) is 0 Å². The Labute approximate surface area is 137 Å². The first-order valence-corrected chi connectivity index (χ1v) is 7.03. The number of benzene rings is 1. The predicted octanol–water partition coefficient (Wildman–Crippen LogP) is 2.56. The van der Waals surface area contributed by atoms with Crippen LogP contribution in [-0.2, 0) is 30.4 Å². The van der Waals surface area contributed by atoms with Gasteiger partial charge in [0.2, 0.25) is 11.5 Å². The molecule has 1 amide bonds. The van der Waals surface area contributed by atoms with E-state index in [1.165, 1.54) is 19.2 Å². The summed E-state index contributed by atoms with van der Waals surface area (Å²) in [6.07, 6.45) is 0.970. The summed E-state index contributed by atoms with van der Waals surface area (Å²) in [6.45, 7) is 3.06. The molecule has 0 unspecified atom stereocenters. The maximum absolute atomic E-state index is 13.0. The Bertz CT molecular complexity index is 674. The molecule has 1 aliphatic rings. The van der Waals surface area contributed by atoms with Gasteiger partial charge in [0, 0.05) is 18.9 Å². The molecule has 0 N–H and O–H groups in total. The third-order valence-electron chi connectivity index (χ3n) is 2.95. The van der Waals surface area contributed by atoms with Crippen molar-refractivity contribution in [2.45, 2.75) is 26.2 Å². The molecule has 0 aromatic heterocycles. The van der Waals surface area contributed by atoms with Gasteiger partial charge in [-0.2, -0.15) is 0 Å². The molecule has 23 heavy (non-hydrogen) atoms. The molecule has 6 nitrogen and oxygen atoms in total. The Balaban J connectivity index is 2.14. The van der Waals surface area contributed by atoms with Crippen LogP contribution in [0.5, 0.6) is 0 Å². The second-order valence-corrected chi connectivity index (χ2v) is 5.60. The summed E-state index contributed by atoms with van der Waals surface area (Å²) >= 11 is 5.92. The van der Waals surface area contributed by atoms with Crippen LogP contribution in [0.1, 0.15) is 19.4 Å². The van der Waals surface area contributed by atoms with E-state index in [4.69, 9.17) is 25.9 Å². The van der Waals surface area contributed by atoms with Gasteiger partial charge < -0.3 is 9.47 Å². The molecule has 124 valence electrons. The van der Waals surface area contributed by atoms with Crippen LogP contribution in [0.2, 0.25) is 5.02 Å². The summed E-state index contributed by atoms with van der Waals surface area (Å²) < 4.78 is 23.2. The van der Waals surface area contributed by atoms with Crippen LogP contribution in [0, 0.1) is 5.82 Å². The van der Waals surface area contributed by atoms with Crippen LogP contribution in [0.3, 0.4) is 0 Å². The number of carbonyl (C=O) groups excluding carboxylic acids is 2. The lowest BCUT2D eigenvalue weighted by atomic mass is 10.2. The Morgan fingerprint density at radius 2 is 2.13 bits per heavy atom. The van der Waals surface area contributed by atoms with Gasteiger partial charge in [-0.15, -0.1) is 0 Å². The predicted molar refractivity (Wildman–Crippen MR) is 78.3 cm³/mol. The first kappa shape index (κ1) is 17.2. The van der Waals surface area contributed by atoms with Gasteiger partial charge in [0.1, 0.15) is 5.82 Å². The van der Waals surface area contributed by atoms with Crippen molar-refractivity contribution in [1.29, 1.82) is 0 Å². The van der Waals surface area contributed by atoms with Crippen LogP contribution in [0.25, 0.3) is 0 Å². The Morgan fingerprint density at radius 1 is 1.43 bits per heavy atom. The van der Waals surface area contributed by atoms with Crippen molar-refractivity contribution in [2.75, 3.05) is 7.11 Å². The lowest BCUT2D eigenvalue weighted by Gasteiger charge is -2.19. The molecule has 0 radical (unpaired) electrons. The van der Waals surface area contributed by atoms with E-state index < -0.39 is 23.5 Å². The molecule has 1 aromatic rings. The molecule has 0 saturated carbocycles. The Morgan fingerprint density at radius 3 is 2.65 bits per heavy atom. The van der Waals surface area contributed by atoms with Gasteiger partial charge >= 0.3 is 5.97 Å². The molecule has 0 aliphatic carbocycles. The summed E-state index contributed by atoms with van der Waals surface area (Å²) in [7, 11) is 1.28. The maximum atomic E-state index is 13.0. The SMILES string of the molecule is CON(Cc1ccc(F)cc1Cl)C(=O)/C=C1/OC(C)(C)OC1=O. The van der Waals surface area contributed by atoms with Gasteiger partial charge in [-0.25, -0.2) is 14.2 Å². The van der Waals surface area contributed by atoms with Gasteiger partial charge in [-0.05, 0) is 17.7 Å². The highest BCUT2D eigenvalue weighted by Gasteiger charge is 2.38. The zero-order valence-electron chi connectivity index (χ0n) is 12.8. The van der Waals surface area contributed by atoms with E-state index in [1.807, 2.05) is 0 Å². The van der Waals surface area contributed by atoms with Crippen LogP contribution in [0.4, 0.5) is 4.39 Å². The number of cyclic esters (lactones) is 1. The highest BCUT2D eigenvalue weighted by Crippen LogP contribution is 2.26. The average molecular weight is 344 g/mol. The van der Waals surface area contributed by atoms with E-state index in [1.54, 1.807) is 13.8 Å². The van der Waals surface area contributed by atoms with Crippen LogP contribution >= 0.6 is 11.6 Å². The minimum Gasteiger partial charge on any atom is -0.445 e. The van der Waals surface area contributed by atoms with Gasteiger partial charge in [-0.1, -0.05) is 17.7 Å². The van der Waals surface area contributed by atoms with E-state index in [-0.39, 0.29) is 17.3 Å². The van der Waals surface area contributed by atoms with E-state index >= 15 is 0 Å². The number of esters is 1. The van der Waals surface area contributed by atoms with Crippen molar-refractivity contribution < 1.29 is 28.3 Å². The van der Waals surface area contributed by atoms with E-state index in [2.05, 4.69) is 0 Å². The lowest BCUT2D eigenvalue weighted by molar-refractivity contribution is -0.173. The second kappa shape index (κ2) is 6.55. The summed E-state index contributed by atoms with van der Waals surface area (Å²) in [5.41, 5.74) is 0.483. The number of hydrogen-bond donors (Lipinski definition) is 0. The van der Waals surface area contributed by atoms with Crippen molar-refractivity contribution in [3.05, 3.63) is 46.4 Å². The molecule has 2 rings (SSSR count). The van der Waals surface area contributed by atoms with Gasteiger partial charge in [0.15, 0.2) is 0 Å². The highest BCUT2D eigenvalue weighted by molar-refractivity contribution is 6.31. The maximum Gasteiger partial charge on any atom is 0.377 e. The largest absolute Gasteiger partial charge is 0.445 e. The molecular formula is C15H15ClFNO5. The minimum atomic E-state index is -1.12. The van der Waals surface area contributed by atoms with Crippen LogP contribution < -0.4 is 0 Å². The number of rotatable bonds is 4. The third kappa shape index (κ3) is 4.20. The topological polar surface area (TPSA) is 65.1 Å². The highest BCUT2D eigenvalue weighted by atomic mass is 35.5. The van der Waals surface area contributed by atoms with E-state index in [0.29, 0.717) is 5.56 Å². The number of carbonyl (C=O) groups is 2. The molecule has 0 atom stereocenters. The van der Waals surface area contributed by atoms with Crippen molar-refractivity contribution in [3.63, 3.8) is 0 Å². The smallest absolute Gasteiger partial charge is 0.377 e. The molecule has 8 heteroatoms. The number of nitrogens with zero attached hydrogens (tertiary/aromatic N) is 1. The standard InChI is InChI=1S/C15H15ClFNO5/c1-15(2)22-12(14(20)23-15)7-13(19)18(21-3)8-9-4-5-10(17)6-11(9)16/h4-7H,8H2,1-3H3/b12-7+. The molecule has 1 saturated heterocycles. The summed E-state index contributed by atoms with van der Waals surface area (Å²) in [4.78, 5) is 28.8. The van der Waals surface area contributed by atoms with Gasteiger partial charge in [-0.3, -0.25) is 9.63 Å². The van der Waals surface area contributed by atoms with Crippen molar-refractivity contribution in [3.8, 4) is 0 Å². The number of halogens is 2. The molecule has 0 spiro atoms. The summed E-state index contributed by atoms with van der Waals surface area (Å²) in [5.74, 6) is -3.20. The second-order valence-electron chi connectivity index (χ2n) is 5.19. The molecule has 0 bridgehead atoms. The monoisotopic (exact) mass is 343 g/mol. The molecule has 1 fully saturated rings. The minimum absolute atomic E-state index is 0.0311. The average Bonchev–Trinajstić information content (AvgIpc) is 2.70. The zero-order chi connectivity index (χ0) is 17.2. The number of amides is 1. The van der Waals surface area contributed by atoms with Crippen LogP contribution in [0.15, 0.2) is 30.0 Å². The Kier molecular flexibility index (Phi) is 4.91. The van der Waals surface area contributed by atoms with Crippen LogP contribution in [-0.4, -0.2) is 29.8 Å². The molecular weight excluding hydrogens is 329 g/mol. The van der Waals surface area contributed by atoms with E-state index in [9.17, 15) is 14.0 Å². The summed E-state index contributed by atoms with van der Waals surface area (Å²) in [6, 6.07) is 3.79. The summed E-state index contributed by atoms with van der Waals surface area (Å²) in [5, 5.41) is 1.11. The third-order valence-corrected chi connectivity index (χ3v) is 3.30. The molecule has 1 heterocycles. The van der Waals surface area contributed by atoms with Crippen molar-refractivity contribution in [1.82, 2.24) is 5.06 Å².